The number of rotatable bonds is 2. The monoisotopic (exact) mass is 230 g/mol. The largest absolute Gasteiger partial charge is 0.416 e. The van der Waals surface area contributed by atoms with E-state index in [2.05, 4.69) is 4.99 Å². The third kappa shape index (κ3) is 3.25. The molecule has 0 bridgehead atoms. The summed E-state index contributed by atoms with van der Waals surface area (Å²) in [7, 11) is 3.51. The molecule has 0 fully saturated rings. The molecule has 0 aliphatic heterocycles. The Morgan fingerprint density at radius 1 is 1.25 bits per heavy atom. The molecular formula is C11H13F3N2. The number of nitrogens with zero attached hydrogens (tertiary/aromatic N) is 2. The van der Waals surface area contributed by atoms with Crippen molar-refractivity contribution in [3.05, 3.63) is 29.3 Å². The molecule has 1 rings (SSSR count). The Labute approximate surface area is 92.4 Å². The molecule has 0 amide bonds. The van der Waals surface area contributed by atoms with Crippen molar-refractivity contribution < 1.29 is 13.2 Å². The van der Waals surface area contributed by atoms with Crippen molar-refractivity contribution in [3.8, 4) is 0 Å². The molecule has 0 spiro atoms. The lowest BCUT2D eigenvalue weighted by Gasteiger charge is -2.09. The molecule has 0 saturated carbocycles. The molecule has 0 N–H and O–H groups in total. The van der Waals surface area contributed by atoms with Crippen LogP contribution >= 0.6 is 0 Å². The molecule has 88 valence electrons. The Morgan fingerprint density at radius 3 is 2.38 bits per heavy atom. The standard InChI is InChI=1S/C11H13F3N2/c1-8-4-5-9(11(12,13)14)6-10(8)15-7-16(2)3/h4-7H,1-3H3. The van der Waals surface area contributed by atoms with Gasteiger partial charge >= 0.3 is 6.18 Å². The van der Waals surface area contributed by atoms with E-state index in [1.165, 1.54) is 12.4 Å². The van der Waals surface area contributed by atoms with Gasteiger partial charge in [-0.15, -0.1) is 0 Å². The van der Waals surface area contributed by atoms with Gasteiger partial charge in [-0.3, -0.25) is 0 Å². The van der Waals surface area contributed by atoms with Gasteiger partial charge in [0.2, 0.25) is 0 Å². The van der Waals surface area contributed by atoms with Crippen LogP contribution in [-0.2, 0) is 6.18 Å². The summed E-state index contributed by atoms with van der Waals surface area (Å²) in [6, 6.07) is 3.53. The maximum absolute atomic E-state index is 12.4. The van der Waals surface area contributed by atoms with Crippen LogP contribution in [-0.4, -0.2) is 25.3 Å². The van der Waals surface area contributed by atoms with Crippen LogP contribution in [0.5, 0.6) is 0 Å². The van der Waals surface area contributed by atoms with Crippen LogP contribution in [0.3, 0.4) is 0 Å². The molecule has 0 atom stereocenters. The highest BCUT2D eigenvalue weighted by atomic mass is 19.4. The second-order valence-corrected chi connectivity index (χ2v) is 3.71. The fraction of sp³-hybridized carbons (Fsp3) is 0.364. The molecule has 1 aromatic carbocycles. The molecule has 0 heterocycles. The van der Waals surface area contributed by atoms with Crippen LogP contribution in [0.15, 0.2) is 23.2 Å². The smallest absolute Gasteiger partial charge is 0.369 e. The SMILES string of the molecule is Cc1ccc(C(F)(F)F)cc1N=CN(C)C. The summed E-state index contributed by atoms with van der Waals surface area (Å²) in [5.41, 5.74) is 0.374. The van der Waals surface area contributed by atoms with E-state index in [1.54, 1.807) is 25.9 Å². The maximum atomic E-state index is 12.4. The predicted octanol–water partition coefficient (Wildman–Crippen LogP) is 3.24. The molecule has 2 nitrogen and oxygen atoms in total. The number of halogens is 3. The highest BCUT2D eigenvalue weighted by Gasteiger charge is 2.30. The van der Waals surface area contributed by atoms with Crippen LogP contribution < -0.4 is 0 Å². The van der Waals surface area contributed by atoms with Crippen LogP contribution in [0, 0.1) is 6.92 Å². The molecule has 1 aromatic rings. The van der Waals surface area contributed by atoms with E-state index in [9.17, 15) is 13.2 Å². The van der Waals surface area contributed by atoms with Gasteiger partial charge in [-0.1, -0.05) is 6.07 Å². The Balaban J connectivity index is 3.09. The zero-order valence-electron chi connectivity index (χ0n) is 9.34. The lowest BCUT2D eigenvalue weighted by Crippen LogP contribution is -2.07. The molecular weight excluding hydrogens is 217 g/mol. The molecule has 0 aliphatic carbocycles. The number of alkyl halides is 3. The summed E-state index contributed by atoms with van der Waals surface area (Å²) in [4.78, 5) is 5.65. The summed E-state index contributed by atoms with van der Waals surface area (Å²) >= 11 is 0. The average Bonchev–Trinajstić information content (AvgIpc) is 2.14. The minimum absolute atomic E-state index is 0.337. The lowest BCUT2D eigenvalue weighted by molar-refractivity contribution is -0.137. The lowest BCUT2D eigenvalue weighted by atomic mass is 10.1. The third-order valence-electron chi connectivity index (χ3n) is 1.96. The molecule has 0 saturated heterocycles. The molecule has 0 unspecified atom stereocenters. The van der Waals surface area contributed by atoms with Gasteiger partial charge in [0.05, 0.1) is 17.6 Å². The number of benzene rings is 1. The van der Waals surface area contributed by atoms with E-state index in [1.807, 2.05) is 0 Å². The Bertz CT molecular complexity index is 395. The third-order valence-corrected chi connectivity index (χ3v) is 1.96. The Hall–Kier alpha value is -1.52. The minimum Gasteiger partial charge on any atom is -0.369 e. The second-order valence-electron chi connectivity index (χ2n) is 3.71. The molecule has 0 aromatic heterocycles. The van der Waals surface area contributed by atoms with Crippen molar-refractivity contribution in [3.63, 3.8) is 0 Å². The van der Waals surface area contributed by atoms with Crippen molar-refractivity contribution >= 4 is 12.0 Å². The highest BCUT2D eigenvalue weighted by Crippen LogP contribution is 2.32. The van der Waals surface area contributed by atoms with Gasteiger partial charge in [0.25, 0.3) is 0 Å². The summed E-state index contributed by atoms with van der Waals surface area (Å²) in [6.45, 7) is 1.72. The minimum atomic E-state index is -4.32. The van der Waals surface area contributed by atoms with Gasteiger partial charge in [0.15, 0.2) is 0 Å². The molecule has 0 aliphatic rings. The summed E-state index contributed by atoms with van der Waals surface area (Å²) in [5, 5.41) is 0. The maximum Gasteiger partial charge on any atom is 0.416 e. The average molecular weight is 230 g/mol. The Morgan fingerprint density at radius 2 is 1.88 bits per heavy atom. The van der Waals surface area contributed by atoms with E-state index in [0.29, 0.717) is 11.3 Å². The first-order valence-electron chi connectivity index (χ1n) is 4.69. The van der Waals surface area contributed by atoms with Crippen molar-refractivity contribution in [2.24, 2.45) is 4.99 Å². The normalized spacial score (nSPS) is 12.1. The van der Waals surface area contributed by atoms with Crippen LogP contribution in [0.1, 0.15) is 11.1 Å². The van der Waals surface area contributed by atoms with Crippen LogP contribution in [0.2, 0.25) is 0 Å². The van der Waals surface area contributed by atoms with E-state index in [4.69, 9.17) is 0 Å². The summed E-state index contributed by atoms with van der Waals surface area (Å²) in [6.07, 6.45) is -2.85. The first-order valence-corrected chi connectivity index (χ1v) is 4.69. The second kappa shape index (κ2) is 4.55. The first kappa shape index (κ1) is 12.5. The van der Waals surface area contributed by atoms with Crippen molar-refractivity contribution in [1.82, 2.24) is 4.90 Å². The van der Waals surface area contributed by atoms with E-state index >= 15 is 0 Å². The van der Waals surface area contributed by atoms with Crippen LogP contribution in [0.25, 0.3) is 0 Å². The summed E-state index contributed by atoms with van der Waals surface area (Å²) < 4.78 is 37.3. The van der Waals surface area contributed by atoms with Gasteiger partial charge in [-0.25, -0.2) is 4.99 Å². The number of hydrogen-bond acceptors (Lipinski definition) is 1. The number of aliphatic imine (C=N–C) groups is 1. The van der Waals surface area contributed by atoms with E-state index < -0.39 is 11.7 Å². The number of hydrogen-bond donors (Lipinski definition) is 0. The quantitative estimate of drug-likeness (QED) is 0.562. The first-order chi connectivity index (χ1) is 7.30. The Kier molecular flexibility index (Phi) is 3.57. The fourth-order valence-electron chi connectivity index (χ4n) is 1.10. The van der Waals surface area contributed by atoms with Crippen molar-refractivity contribution in [1.29, 1.82) is 0 Å². The van der Waals surface area contributed by atoms with Gasteiger partial charge in [0.1, 0.15) is 0 Å². The van der Waals surface area contributed by atoms with Gasteiger partial charge in [-0.05, 0) is 24.6 Å². The van der Waals surface area contributed by atoms with Gasteiger partial charge < -0.3 is 4.90 Å². The van der Waals surface area contributed by atoms with Crippen molar-refractivity contribution in [2.75, 3.05) is 14.1 Å². The fourth-order valence-corrected chi connectivity index (χ4v) is 1.10. The molecule has 5 heteroatoms. The summed E-state index contributed by atoms with van der Waals surface area (Å²) in [5.74, 6) is 0. The zero-order valence-corrected chi connectivity index (χ0v) is 9.34. The number of aryl methyl sites for hydroxylation is 1. The zero-order chi connectivity index (χ0) is 12.3. The van der Waals surface area contributed by atoms with Gasteiger partial charge in [0, 0.05) is 14.1 Å². The predicted molar refractivity (Wildman–Crippen MR) is 58.0 cm³/mol. The molecule has 16 heavy (non-hydrogen) atoms. The molecule has 0 radical (unpaired) electrons. The van der Waals surface area contributed by atoms with Gasteiger partial charge in [-0.2, -0.15) is 13.2 Å². The van der Waals surface area contributed by atoms with Crippen LogP contribution in [0.4, 0.5) is 18.9 Å². The van der Waals surface area contributed by atoms with E-state index in [0.717, 1.165) is 12.1 Å². The topological polar surface area (TPSA) is 15.6 Å². The highest BCUT2D eigenvalue weighted by molar-refractivity contribution is 5.63. The van der Waals surface area contributed by atoms with Crippen molar-refractivity contribution in [2.45, 2.75) is 13.1 Å². The van der Waals surface area contributed by atoms with E-state index in [-0.39, 0.29) is 0 Å².